The smallest absolute Gasteiger partial charge is 0.219 e. The van der Waals surface area contributed by atoms with Crippen molar-refractivity contribution in [1.29, 1.82) is 0 Å². The molecule has 0 bridgehead atoms. The second-order valence-electron chi connectivity index (χ2n) is 0.944. The summed E-state index contributed by atoms with van der Waals surface area (Å²) in [7, 11) is -3.87. The first-order valence-electron chi connectivity index (χ1n) is 2.00. The highest BCUT2D eigenvalue weighted by molar-refractivity contribution is 14.2. The molecule has 0 saturated heterocycles. The Bertz CT molecular complexity index is 192. The SMILES string of the molecule is O=S(=O)(I)OOOOOOOOO. The van der Waals surface area contributed by atoms with E-state index in [0.29, 0.717) is 0 Å². The van der Waals surface area contributed by atoms with Gasteiger partial charge in [0, 0.05) is 0 Å². The maximum absolute atomic E-state index is 10.1. The van der Waals surface area contributed by atoms with Crippen molar-refractivity contribution >= 4 is 28.5 Å². The number of hydrogen-bond acceptors (Lipinski definition) is 11. The molecule has 0 amide bonds. The van der Waals surface area contributed by atoms with Crippen molar-refractivity contribution in [1.82, 2.24) is 0 Å². The molecule has 0 aromatic rings. The number of rotatable bonds is 8. The van der Waals surface area contributed by atoms with Gasteiger partial charge in [-0.1, -0.05) is 4.33 Å². The van der Waals surface area contributed by atoms with Gasteiger partial charge in [0.05, 0.1) is 0 Å². The van der Waals surface area contributed by atoms with Crippen LogP contribution in [0.25, 0.3) is 0 Å². The molecule has 80 valence electrons. The van der Waals surface area contributed by atoms with Gasteiger partial charge in [0.25, 0.3) is 0 Å². The average Bonchev–Trinajstić information content (AvgIpc) is 2.01. The quantitative estimate of drug-likeness (QED) is 0.206. The van der Waals surface area contributed by atoms with E-state index in [4.69, 9.17) is 5.26 Å². The molecular formula is HIO11S. The summed E-state index contributed by atoms with van der Waals surface area (Å²) in [5.74, 6) is 0. The second kappa shape index (κ2) is 7.70. The summed E-state index contributed by atoms with van der Waals surface area (Å²) in [6, 6.07) is 0. The van der Waals surface area contributed by atoms with Crippen molar-refractivity contribution in [2.24, 2.45) is 0 Å². The van der Waals surface area contributed by atoms with Crippen LogP contribution in [0.4, 0.5) is 0 Å². The van der Waals surface area contributed by atoms with E-state index in [2.05, 4.69) is 39.6 Å². The Balaban J connectivity index is 3.09. The third kappa shape index (κ3) is 12.3. The van der Waals surface area contributed by atoms with Gasteiger partial charge >= 0.3 is 7.29 Å². The Labute approximate surface area is 82.1 Å². The normalized spacial score (nSPS) is 11.8. The monoisotopic (exact) mass is 336 g/mol. The molecule has 0 aromatic carbocycles. The molecule has 1 N–H and O–H groups in total. The van der Waals surface area contributed by atoms with Crippen molar-refractivity contribution in [3.63, 3.8) is 0 Å². The van der Waals surface area contributed by atoms with Crippen LogP contribution in [0.15, 0.2) is 0 Å². The minimum atomic E-state index is -3.87. The molecule has 0 rings (SSSR count). The Morgan fingerprint density at radius 2 is 1.38 bits per heavy atom. The first-order valence-corrected chi connectivity index (χ1v) is 5.95. The lowest BCUT2D eigenvalue weighted by Gasteiger charge is -1.95. The van der Waals surface area contributed by atoms with Crippen LogP contribution in [0.1, 0.15) is 0 Å². The van der Waals surface area contributed by atoms with E-state index >= 15 is 0 Å². The molecule has 0 aliphatic carbocycles. The van der Waals surface area contributed by atoms with Crippen LogP contribution in [0.2, 0.25) is 0 Å². The summed E-state index contributed by atoms with van der Waals surface area (Å²) >= 11 is 0.891. The fraction of sp³-hybridized carbons (Fsp3) is 0. The maximum Gasteiger partial charge on any atom is 0.349 e. The lowest BCUT2D eigenvalue weighted by atomic mass is 14.1. The van der Waals surface area contributed by atoms with Crippen LogP contribution in [0.3, 0.4) is 0 Å². The Morgan fingerprint density at radius 1 is 0.923 bits per heavy atom. The van der Waals surface area contributed by atoms with E-state index in [-0.39, 0.29) is 0 Å². The van der Waals surface area contributed by atoms with Gasteiger partial charge in [0.15, 0.2) is 0 Å². The Kier molecular flexibility index (Phi) is 7.89. The summed E-state index contributed by atoms with van der Waals surface area (Å²) in [5.41, 5.74) is 0. The van der Waals surface area contributed by atoms with Crippen LogP contribution < -0.4 is 0 Å². The van der Waals surface area contributed by atoms with Crippen LogP contribution in [0.5, 0.6) is 0 Å². The molecule has 0 radical (unpaired) electrons. The maximum atomic E-state index is 10.1. The molecule has 0 aromatic heterocycles. The molecule has 11 nitrogen and oxygen atoms in total. The van der Waals surface area contributed by atoms with Gasteiger partial charge in [-0.15, -0.1) is 0 Å². The minimum absolute atomic E-state index is 0.891. The van der Waals surface area contributed by atoms with Crippen molar-refractivity contribution < 1.29 is 53.3 Å². The van der Waals surface area contributed by atoms with Crippen molar-refractivity contribution in [3.8, 4) is 0 Å². The molecule has 13 heteroatoms. The van der Waals surface area contributed by atoms with Crippen molar-refractivity contribution in [2.45, 2.75) is 0 Å². The molecule has 0 heterocycles. The van der Waals surface area contributed by atoms with Gasteiger partial charge in [0.2, 0.25) is 0 Å². The van der Waals surface area contributed by atoms with E-state index in [0.717, 1.165) is 21.2 Å². The highest BCUT2D eigenvalue weighted by Crippen LogP contribution is 2.03. The van der Waals surface area contributed by atoms with Gasteiger partial charge in [0.1, 0.15) is 21.2 Å². The van der Waals surface area contributed by atoms with Gasteiger partial charge in [-0.05, 0) is 35.3 Å². The third-order valence-electron chi connectivity index (χ3n) is 0.278. The summed E-state index contributed by atoms with van der Waals surface area (Å²) in [5, 5.41) is 30.3. The van der Waals surface area contributed by atoms with Crippen LogP contribution >= 0.6 is 21.2 Å². The molecule has 0 aliphatic heterocycles. The summed E-state index contributed by atoms with van der Waals surface area (Å²) in [4.78, 5) is 0. The fourth-order valence-corrected chi connectivity index (χ4v) is 0.371. The van der Waals surface area contributed by atoms with Gasteiger partial charge < -0.3 is 0 Å². The lowest BCUT2D eigenvalue weighted by molar-refractivity contribution is -0.825. The molecule has 0 atom stereocenters. The summed E-state index contributed by atoms with van der Waals surface area (Å²) in [6.07, 6.45) is 0. The fourth-order valence-electron chi connectivity index (χ4n) is 0.102. The molecule has 0 aliphatic rings. The highest BCUT2D eigenvalue weighted by atomic mass is 127. The van der Waals surface area contributed by atoms with Gasteiger partial charge in [-0.2, -0.15) is 8.42 Å². The number of halogens is 1. The first kappa shape index (κ1) is 13.3. The predicted molar refractivity (Wildman–Crippen MR) is 34.2 cm³/mol. The topological polar surface area (TPSA) is 128 Å². The predicted octanol–water partition coefficient (Wildman–Crippen LogP) is -0.323. The summed E-state index contributed by atoms with van der Waals surface area (Å²) < 4.78 is 23.7. The molecular weight excluding hydrogens is 335 g/mol. The molecule has 0 saturated carbocycles. The van der Waals surface area contributed by atoms with E-state index < -0.39 is 7.29 Å². The molecule has 0 unspecified atom stereocenters. The largest absolute Gasteiger partial charge is 0.349 e. The zero-order chi connectivity index (χ0) is 10.2. The Morgan fingerprint density at radius 3 is 1.85 bits per heavy atom. The van der Waals surface area contributed by atoms with Crippen LogP contribution in [-0.2, 0) is 46.9 Å². The van der Waals surface area contributed by atoms with E-state index in [1.807, 2.05) is 0 Å². The average molecular weight is 336 g/mol. The molecule has 0 spiro atoms. The first-order chi connectivity index (χ1) is 6.06. The lowest BCUT2D eigenvalue weighted by Crippen LogP contribution is -2.03. The van der Waals surface area contributed by atoms with E-state index in [9.17, 15) is 8.42 Å². The van der Waals surface area contributed by atoms with Crippen molar-refractivity contribution in [2.75, 3.05) is 0 Å². The van der Waals surface area contributed by atoms with Crippen LogP contribution in [0, 0.1) is 0 Å². The zero-order valence-corrected chi connectivity index (χ0v) is 8.29. The third-order valence-corrected chi connectivity index (χ3v) is 0.937. The zero-order valence-electron chi connectivity index (χ0n) is 5.32. The molecule has 0 fully saturated rings. The van der Waals surface area contributed by atoms with Crippen molar-refractivity contribution in [3.05, 3.63) is 0 Å². The van der Waals surface area contributed by atoms with E-state index in [1.54, 1.807) is 0 Å². The standard InChI is InChI=1S/HIO11S/c1-13(3,4)12-11-10-9-8-7-6-5-2/h2H. The number of hydrogen-bond donors (Lipinski definition) is 1. The van der Waals surface area contributed by atoms with Crippen LogP contribution in [-0.4, -0.2) is 13.7 Å². The Hall–Kier alpha value is 0.320. The van der Waals surface area contributed by atoms with E-state index in [1.165, 1.54) is 0 Å². The highest BCUT2D eigenvalue weighted by Gasteiger charge is 2.06. The summed E-state index contributed by atoms with van der Waals surface area (Å²) in [6.45, 7) is 0. The van der Waals surface area contributed by atoms with Gasteiger partial charge in [-0.3, -0.25) is 0 Å². The minimum Gasteiger partial charge on any atom is -0.219 e. The van der Waals surface area contributed by atoms with Gasteiger partial charge in [-0.25, -0.2) is 5.26 Å². The molecule has 13 heavy (non-hydrogen) atoms. The second-order valence-corrected chi connectivity index (χ2v) is 5.10.